The zero-order chi connectivity index (χ0) is 30.8. The number of ether oxygens (including phenoxy) is 3. The average molecular weight is 595 g/mol. The SMILES string of the molecule is O=C(C=Cc1ccc(O)cc1)OC[C@H]1O[C@@H](Oc2cc(O)c3c(=O)c(O)c(-c4ccc(O)cc4)oc3c2)[C@H](O)[C@@H](O)[C@@H]1O. The lowest BCUT2D eigenvalue weighted by atomic mass is 9.99. The smallest absolute Gasteiger partial charge is 0.330 e. The Balaban J connectivity index is 1.34. The lowest BCUT2D eigenvalue weighted by Gasteiger charge is -2.39. The van der Waals surface area contributed by atoms with Gasteiger partial charge in [-0.15, -0.1) is 0 Å². The first kappa shape index (κ1) is 29.4. The van der Waals surface area contributed by atoms with E-state index in [0.717, 1.165) is 12.1 Å². The van der Waals surface area contributed by atoms with Crippen LogP contribution in [0.4, 0.5) is 0 Å². The summed E-state index contributed by atoms with van der Waals surface area (Å²) in [7, 11) is 0. The summed E-state index contributed by atoms with van der Waals surface area (Å²) >= 11 is 0. The molecule has 3 aromatic carbocycles. The lowest BCUT2D eigenvalue weighted by molar-refractivity contribution is -0.278. The van der Waals surface area contributed by atoms with E-state index < -0.39 is 60.2 Å². The van der Waals surface area contributed by atoms with Crippen LogP contribution in [0.15, 0.2) is 76.0 Å². The number of rotatable bonds is 7. The molecule has 43 heavy (non-hydrogen) atoms. The molecule has 0 radical (unpaired) electrons. The molecule has 4 aromatic rings. The Kier molecular flexibility index (Phi) is 8.23. The highest BCUT2D eigenvalue weighted by Crippen LogP contribution is 2.36. The van der Waals surface area contributed by atoms with Crippen molar-refractivity contribution in [2.24, 2.45) is 0 Å². The Morgan fingerprint density at radius 2 is 1.51 bits per heavy atom. The number of fused-ring (bicyclic) bond motifs is 1. The Bertz CT molecular complexity index is 1710. The molecule has 0 saturated carbocycles. The van der Waals surface area contributed by atoms with Crippen LogP contribution < -0.4 is 10.2 Å². The van der Waals surface area contributed by atoms with Crippen molar-refractivity contribution in [3.63, 3.8) is 0 Å². The summed E-state index contributed by atoms with van der Waals surface area (Å²) < 4.78 is 22.0. The van der Waals surface area contributed by atoms with Crippen molar-refractivity contribution in [1.82, 2.24) is 0 Å². The third-order valence-electron chi connectivity index (χ3n) is 6.67. The summed E-state index contributed by atoms with van der Waals surface area (Å²) in [6.07, 6.45) is -5.65. The lowest BCUT2D eigenvalue weighted by Crippen LogP contribution is -2.60. The fourth-order valence-corrected chi connectivity index (χ4v) is 4.39. The van der Waals surface area contributed by atoms with Gasteiger partial charge in [-0.1, -0.05) is 12.1 Å². The maximum Gasteiger partial charge on any atom is 0.330 e. The van der Waals surface area contributed by atoms with Crippen molar-refractivity contribution in [3.8, 4) is 40.1 Å². The van der Waals surface area contributed by atoms with E-state index in [0.29, 0.717) is 5.56 Å². The first-order valence-electron chi connectivity index (χ1n) is 12.8. The maximum atomic E-state index is 12.8. The number of aromatic hydroxyl groups is 4. The van der Waals surface area contributed by atoms with Gasteiger partial charge < -0.3 is 54.4 Å². The van der Waals surface area contributed by atoms with Gasteiger partial charge in [-0.3, -0.25) is 4.79 Å². The molecule has 0 spiro atoms. The molecule has 5 atom stereocenters. The third-order valence-corrected chi connectivity index (χ3v) is 6.67. The third kappa shape index (κ3) is 6.24. The predicted molar refractivity (Wildman–Crippen MR) is 148 cm³/mol. The molecule has 1 aliphatic heterocycles. The van der Waals surface area contributed by atoms with Crippen LogP contribution in [-0.4, -0.2) is 79.0 Å². The predicted octanol–water partition coefficient (Wildman–Crippen LogP) is 1.73. The van der Waals surface area contributed by atoms with Gasteiger partial charge in [0.15, 0.2) is 5.76 Å². The van der Waals surface area contributed by atoms with Crippen molar-refractivity contribution >= 4 is 23.0 Å². The number of carbonyl (C=O) groups is 1. The molecule has 1 fully saturated rings. The van der Waals surface area contributed by atoms with Crippen LogP contribution in [0, 0.1) is 0 Å². The van der Waals surface area contributed by atoms with Gasteiger partial charge in [-0.25, -0.2) is 4.79 Å². The Hall–Kier alpha value is -5.08. The normalized spacial score (nSPS) is 22.1. The highest BCUT2D eigenvalue weighted by Gasteiger charge is 2.45. The number of phenolic OH excluding ortho intramolecular Hbond substituents is 3. The fraction of sp³-hybridized carbons (Fsp3) is 0.200. The van der Waals surface area contributed by atoms with Gasteiger partial charge in [0.05, 0.1) is 0 Å². The number of hydrogen-bond acceptors (Lipinski definition) is 13. The van der Waals surface area contributed by atoms with E-state index in [1.165, 1.54) is 48.5 Å². The first-order chi connectivity index (χ1) is 20.5. The second kappa shape index (κ2) is 12.0. The molecule has 0 unspecified atom stereocenters. The highest BCUT2D eigenvalue weighted by atomic mass is 16.7. The molecule has 7 N–H and O–H groups in total. The summed E-state index contributed by atoms with van der Waals surface area (Å²) in [5, 5.41) is 70.7. The minimum absolute atomic E-state index is 0.0576. The molecule has 13 nitrogen and oxygen atoms in total. The number of hydrogen-bond donors (Lipinski definition) is 7. The van der Waals surface area contributed by atoms with E-state index in [1.807, 2.05) is 0 Å². The largest absolute Gasteiger partial charge is 0.508 e. The van der Waals surface area contributed by atoms with E-state index >= 15 is 0 Å². The highest BCUT2D eigenvalue weighted by molar-refractivity contribution is 5.88. The van der Waals surface area contributed by atoms with Crippen molar-refractivity contribution in [3.05, 3.63) is 82.5 Å². The average Bonchev–Trinajstić information content (AvgIpc) is 2.98. The fourth-order valence-electron chi connectivity index (χ4n) is 4.39. The standard InChI is InChI=1S/C30H26O13/c31-16-6-1-14(2-7-16)3-10-22(34)40-13-21-24(35)26(37)28(39)30(43-21)41-18-11-19(33)23-20(12-18)42-29(27(38)25(23)36)15-4-8-17(32)9-5-15/h1-12,21,24,26,28,30-33,35,37-39H,13H2/t21-,24-,26+,28-,30-/m1/s1. The molecule has 5 rings (SSSR count). The molecule has 0 aliphatic carbocycles. The zero-order valence-electron chi connectivity index (χ0n) is 22.1. The van der Waals surface area contributed by atoms with Crippen LogP contribution >= 0.6 is 0 Å². The van der Waals surface area contributed by atoms with Crippen LogP contribution in [0.25, 0.3) is 28.4 Å². The second-order valence-electron chi connectivity index (χ2n) is 9.66. The number of esters is 1. The van der Waals surface area contributed by atoms with Crippen LogP contribution in [0.3, 0.4) is 0 Å². The molecule has 13 heteroatoms. The molecule has 224 valence electrons. The van der Waals surface area contributed by atoms with Crippen LogP contribution in [-0.2, 0) is 14.3 Å². The van der Waals surface area contributed by atoms with Gasteiger partial charge in [-0.05, 0) is 48.0 Å². The molecule has 1 aliphatic rings. The van der Waals surface area contributed by atoms with Gasteiger partial charge in [0.25, 0.3) is 0 Å². The molecular formula is C30H26O13. The monoisotopic (exact) mass is 594 g/mol. The molecule has 0 bridgehead atoms. The maximum absolute atomic E-state index is 12.8. The zero-order valence-corrected chi connectivity index (χ0v) is 22.1. The number of carbonyl (C=O) groups excluding carboxylic acids is 1. The van der Waals surface area contributed by atoms with Gasteiger partial charge in [0.1, 0.15) is 65.0 Å². The quantitative estimate of drug-likeness (QED) is 0.120. The Morgan fingerprint density at radius 3 is 2.19 bits per heavy atom. The molecule has 1 aromatic heterocycles. The van der Waals surface area contributed by atoms with Gasteiger partial charge in [0, 0.05) is 23.8 Å². The Morgan fingerprint density at radius 1 is 0.860 bits per heavy atom. The summed E-state index contributed by atoms with van der Waals surface area (Å²) in [5.74, 6) is -2.65. The molecule has 2 heterocycles. The minimum atomic E-state index is -1.78. The van der Waals surface area contributed by atoms with Crippen molar-refractivity contribution in [2.75, 3.05) is 6.61 Å². The Labute approximate surface area is 242 Å². The summed E-state index contributed by atoms with van der Waals surface area (Å²) in [5.41, 5.74) is -0.297. The van der Waals surface area contributed by atoms with E-state index in [-0.39, 0.29) is 39.5 Å². The number of phenols is 3. The van der Waals surface area contributed by atoms with Crippen molar-refractivity contribution in [2.45, 2.75) is 30.7 Å². The van der Waals surface area contributed by atoms with E-state index in [2.05, 4.69) is 0 Å². The second-order valence-corrected chi connectivity index (χ2v) is 9.66. The van der Waals surface area contributed by atoms with Crippen molar-refractivity contribution in [1.29, 1.82) is 0 Å². The topological polar surface area (TPSA) is 217 Å². The van der Waals surface area contributed by atoms with E-state index in [9.17, 15) is 45.3 Å². The van der Waals surface area contributed by atoms with Crippen molar-refractivity contribution < 1.29 is 59.2 Å². The molecule has 0 amide bonds. The van der Waals surface area contributed by atoms with Gasteiger partial charge in [0.2, 0.25) is 17.5 Å². The van der Waals surface area contributed by atoms with Gasteiger partial charge in [-0.2, -0.15) is 0 Å². The van der Waals surface area contributed by atoms with Crippen LogP contribution in [0.1, 0.15) is 5.56 Å². The summed E-state index contributed by atoms with van der Waals surface area (Å²) in [6.45, 7) is -0.531. The minimum Gasteiger partial charge on any atom is -0.508 e. The van der Waals surface area contributed by atoms with Gasteiger partial charge >= 0.3 is 5.97 Å². The number of aliphatic hydroxyl groups excluding tert-OH is 3. The number of aliphatic hydroxyl groups is 3. The first-order valence-corrected chi connectivity index (χ1v) is 12.8. The molecular weight excluding hydrogens is 568 g/mol. The molecule has 1 saturated heterocycles. The number of benzene rings is 3. The summed E-state index contributed by atoms with van der Waals surface area (Å²) in [4.78, 5) is 25.0. The van der Waals surface area contributed by atoms with Crippen LogP contribution in [0.5, 0.6) is 28.7 Å². The van der Waals surface area contributed by atoms with E-state index in [1.54, 1.807) is 12.1 Å². The van der Waals surface area contributed by atoms with E-state index in [4.69, 9.17) is 18.6 Å². The summed E-state index contributed by atoms with van der Waals surface area (Å²) in [6, 6.07) is 13.6. The van der Waals surface area contributed by atoms with Crippen LogP contribution in [0.2, 0.25) is 0 Å².